The van der Waals surface area contributed by atoms with E-state index in [0.29, 0.717) is 11.1 Å². The molecule has 0 heterocycles. The highest BCUT2D eigenvalue weighted by Crippen LogP contribution is 2.19. The van der Waals surface area contributed by atoms with Gasteiger partial charge in [0.2, 0.25) is 0 Å². The smallest absolute Gasteiger partial charge is 0.307 e. The predicted molar refractivity (Wildman–Crippen MR) is 50.2 cm³/mol. The Kier molecular flexibility index (Phi) is 3.48. The van der Waals surface area contributed by atoms with Crippen LogP contribution in [0.5, 0.6) is 5.75 Å². The fraction of sp³-hybridized carbons (Fsp3) is 0.300. The van der Waals surface area contributed by atoms with E-state index in [1.807, 2.05) is 0 Å². The molecule has 0 aliphatic rings. The number of hydrogen-bond donors (Lipinski definition) is 2. The molecule has 2 N–H and O–H groups in total. The summed E-state index contributed by atoms with van der Waals surface area (Å²) in [6.07, 6.45) is -0.0446. The zero-order valence-electron chi connectivity index (χ0n) is 7.86. The van der Waals surface area contributed by atoms with Gasteiger partial charge in [0.25, 0.3) is 0 Å². The lowest BCUT2D eigenvalue weighted by Crippen LogP contribution is -2.01. The molecule has 0 aliphatic heterocycles. The van der Waals surface area contributed by atoms with Crippen LogP contribution < -0.4 is 0 Å². The number of methoxy groups -OCH3 is 1. The Balaban J connectivity index is 2.88. The number of aliphatic carboxylic acids is 1. The average molecular weight is 196 g/mol. The van der Waals surface area contributed by atoms with Crippen LogP contribution in [0, 0.1) is 0 Å². The van der Waals surface area contributed by atoms with E-state index >= 15 is 0 Å². The second-order valence-corrected chi connectivity index (χ2v) is 2.97. The Morgan fingerprint density at radius 1 is 1.50 bits per heavy atom. The standard InChI is InChI=1S/C10H12O4/c1-14-6-8-4-7(5-10(12)13)2-3-9(8)11/h2-4,11H,5-6H2,1H3,(H,12,13). The van der Waals surface area contributed by atoms with E-state index in [2.05, 4.69) is 0 Å². The highest BCUT2D eigenvalue weighted by Gasteiger charge is 2.05. The van der Waals surface area contributed by atoms with E-state index in [-0.39, 0.29) is 18.8 Å². The van der Waals surface area contributed by atoms with E-state index < -0.39 is 5.97 Å². The molecule has 0 saturated carbocycles. The Morgan fingerprint density at radius 2 is 2.21 bits per heavy atom. The van der Waals surface area contributed by atoms with Gasteiger partial charge in [0.05, 0.1) is 13.0 Å². The van der Waals surface area contributed by atoms with Crippen molar-refractivity contribution >= 4 is 5.97 Å². The molecule has 0 saturated heterocycles. The number of carbonyl (C=O) groups is 1. The van der Waals surface area contributed by atoms with E-state index in [1.54, 1.807) is 12.1 Å². The Morgan fingerprint density at radius 3 is 2.79 bits per heavy atom. The van der Waals surface area contributed by atoms with Gasteiger partial charge in [-0.2, -0.15) is 0 Å². The third-order valence-corrected chi connectivity index (χ3v) is 1.80. The van der Waals surface area contributed by atoms with Gasteiger partial charge >= 0.3 is 5.97 Å². The number of ether oxygens (including phenoxy) is 1. The van der Waals surface area contributed by atoms with Crippen molar-refractivity contribution in [1.29, 1.82) is 0 Å². The number of hydrogen-bond acceptors (Lipinski definition) is 3. The molecule has 0 aromatic heterocycles. The van der Waals surface area contributed by atoms with Crippen LogP contribution in [0.15, 0.2) is 18.2 Å². The summed E-state index contributed by atoms with van der Waals surface area (Å²) in [5.41, 5.74) is 1.26. The van der Waals surface area contributed by atoms with Gasteiger partial charge in [-0.15, -0.1) is 0 Å². The van der Waals surface area contributed by atoms with Crippen LogP contribution in [0.25, 0.3) is 0 Å². The first-order chi connectivity index (χ1) is 6.63. The molecule has 0 unspecified atom stereocenters. The maximum atomic E-state index is 10.4. The molecule has 0 atom stereocenters. The van der Waals surface area contributed by atoms with Crippen molar-refractivity contribution in [2.75, 3.05) is 7.11 Å². The molecule has 76 valence electrons. The summed E-state index contributed by atoms with van der Waals surface area (Å²) in [5, 5.41) is 17.9. The summed E-state index contributed by atoms with van der Waals surface area (Å²) in [6, 6.07) is 4.70. The molecule has 4 nitrogen and oxygen atoms in total. The third-order valence-electron chi connectivity index (χ3n) is 1.80. The summed E-state index contributed by atoms with van der Waals surface area (Å²) < 4.78 is 4.86. The zero-order chi connectivity index (χ0) is 10.6. The molecule has 4 heteroatoms. The molecular weight excluding hydrogens is 184 g/mol. The number of carboxylic acid groups (broad SMARTS) is 1. The van der Waals surface area contributed by atoms with Crippen LogP contribution in [-0.2, 0) is 22.6 Å². The van der Waals surface area contributed by atoms with Crippen LogP contribution in [0.2, 0.25) is 0 Å². The molecule has 0 fully saturated rings. The summed E-state index contributed by atoms with van der Waals surface area (Å²) in [5.74, 6) is -0.764. The van der Waals surface area contributed by atoms with Gasteiger partial charge in [-0.25, -0.2) is 0 Å². The lowest BCUT2D eigenvalue weighted by atomic mass is 10.1. The maximum absolute atomic E-state index is 10.4. The number of carboxylic acids is 1. The van der Waals surface area contributed by atoms with Crippen molar-refractivity contribution in [2.45, 2.75) is 13.0 Å². The molecule has 0 amide bonds. The molecule has 0 aliphatic carbocycles. The lowest BCUT2D eigenvalue weighted by Gasteiger charge is -2.05. The molecular formula is C10H12O4. The minimum Gasteiger partial charge on any atom is -0.508 e. The second-order valence-electron chi connectivity index (χ2n) is 2.97. The number of rotatable bonds is 4. The van der Waals surface area contributed by atoms with Gasteiger partial charge in [-0.1, -0.05) is 6.07 Å². The molecule has 1 aromatic rings. The SMILES string of the molecule is COCc1cc(CC(=O)O)ccc1O. The van der Waals surface area contributed by atoms with Crippen LogP contribution in [0.3, 0.4) is 0 Å². The van der Waals surface area contributed by atoms with Gasteiger partial charge in [-0.05, 0) is 17.7 Å². The second kappa shape index (κ2) is 4.62. The summed E-state index contributed by atoms with van der Waals surface area (Å²) >= 11 is 0. The number of aromatic hydroxyl groups is 1. The minimum atomic E-state index is -0.890. The maximum Gasteiger partial charge on any atom is 0.307 e. The van der Waals surface area contributed by atoms with Crippen LogP contribution >= 0.6 is 0 Å². The molecule has 14 heavy (non-hydrogen) atoms. The highest BCUT2D eigenvalue weighted by molar-refractivity contribution is 5.70. The number of benzene rings is 1. The van der Waals surface area contributed by atoms with Crippen molar-refractivity contribution in [3.8, 4) is 5.75 Å². The molecule has 1 aromatic carbocycles. The first-order valence-electron chi connectivity index (χ1n) is 4.15. The minimum absolute atomic E-state index is 0.0446. The Hall–Kier alpha value is -1.55. The van der Waals surface area contributed by atoms with Crippen LogP contribution in [0.1, 0.15) is 11.1 Å². The normalized spacial score (nSPS) is 10.1. The fourth-order valence-corrected chi connectivity index (χ4v) is 1.19. The van der Waals surface area contributed by atoms with Gasteiger partial charge in [-0.3, -0.25) is 4.79 Å². The molecule has 0 bridgehead atoms. The van der Waals surface area contributed by atoms with Crippen LogP contribution in [-0.4, -0.2) is 23.3 Å². The molecule has 0 radical (unpaired) electrons. The monoisotopic (exact) mass is 196 g/mol. The van der Waals surface area contributed by atoms with Crippen molar-refractivity contribution in [1.82, 2.24) is 0 Å². The highest BCUT2D eigenvalue weighted by atomic mass is 16.5. The third kappa shape index (κ3) is 2.74. The lowest BCUT2D eigenvalue weighted by molar-refractivity contribution is -0.136. The molecule has 1 rings (SSSR count). The van der Waals surface area contributed by atoms with Gasteiger partial charge in [0, 0.05) is 12.7 Å². The first-order valence-corrected chi connectivity index (χ1v) is 4.15. The average Bonchev–Trinajstić information content (AvgIpc) is 2.10. The Labute approximate surface area is 81.8 Å². The van der Waals surface area contributed by atoms with E-state index in [1.165, 1.54) is 13.2 Å². The largest absolute Gasteiger partial charge is 0.508 e. The fourth-order valence-electron chi connectivity index (χ4n) is 1.19. The van der Waals surface area contributed by atoms with Crippen molar-refractivity contribution in [3.05, 3.63) is 29.3 Å². The predicted octanol–water partition coefficient (Wildman–Crippen LogP) is 1.17. The van der Waals surface area contributed by atoms with Crippen LogP contribution in [0.4, 0.5) is 0 Å². The van der Waals surface area contributed by atoms with Gasteiger partial charge < -0.3 is 14.9 Å². The quantitative estimate of drug-likeness (QED) is 0.758. The number of phenols is 1. The topological polar surface area (TPSA) is 66.8 Å². The zero-order valence-corrected chi connectivity index (χ0v) is 7.86. The van der Waals surface area contributed by atoms with Crippen molar-refractivity contribution < 1.29 is 19.7 Å². The molecule has 0 spiro atoms. The van der Waals surface area contributed by atoms with Crippen molar-refractivity contribution in [3.63, 3.8) is 0 Å². The van der Waals surface area contributed by atoms with E-state index in [9.17, 15) is 9.90 Å². The summed E-state index contributed by atoms with van der Waals surface area (Å²) in [4.78, 5) is 10.4. The summed E-state index contributed by atoms with van der Waals surface area (Å²) in [7, 11) is 1.52. The Bertz CT molecular complexity index is 333. The summed E-state index contributed by atoms with van der Waals surface area (Å²) in [6.45, 7) is 0.277. The van der Waals surface area contributed by atoms with E-state index in [4.69, 9.17) is 9.84 Å². The number of phenolic OH excluding ortho intramolecular Hbond substituents is 1. The van der Waals surface area contributed by atoms with Crippen molar-refractivity contribution in [2.24, 2.45) is 0 Å². The van der Waals surface area contributed by atoms with Gasteiger partial charge in [0.15, 0.2) is 0 Å². The van der Waals surface area contributed by atoms with Gasteiger partial charge in [0.1, 0.15) is 5.75 Å². The van der Waals surface area contributed by atoms with E-state index in [0.717, 1.165) is 0 Å². The first kappa shape index (κ1) is 10.5.